The number of hydrogen-bond acceptors (Lipinski definition) is 5. The van der Waals surface area contributed by atoms with Crippen LogP contribution in [0.1, 0.15) is 26.3 Å². The summed E-state index contributed by atoms with van der Waals surface area (Å²) in [6, 6.07) is 15.6. The number of fused-ring (bicyclic) bond motifs is 1. The Kier molecular flexibility index (Phi) is 6.01. The van der Waals surface area contributed by atoms with E-state index in [-0.39, 0.29) is 0 Å². The molecule has 0 spiro atoms. The Morgan fingerprint density at radius 3 is 2.62 bits per heavy atom. The lowest BCUT2D eigenvalue weighted by Crippen LogP contribution is -2.32. The molecule has 4 aromatic rings. The van der Waals surface area contributed by atoms with E-state index < -0.39 is 11.7 Å². The summed E-state index contributed by atoms with van der Waals surface area (Å²) in [7, 11) is 0. The fourth-order valence-corrected chi connectivity index (χ4v) is 3.40. The maximum atomic E-state index is 11.8. The van der Waals surface area contributed by atoms with Crippen LogP contribution in [0.5, 0.6) is 0 Å². The van der Waals surface area contributed by atoms with Crippen molar-refractivity contribution in [3.63, 3.8) is 0 Å². The van der Waals surface area contributed by atoms with E-state index in [0.29, 0.717) is 23.2 Å². The van der Waals surface area contributed by atoms with Gasteiger partial charge in [0, 0.05) is 34.9 Å². The second-order valence-corrected chi connectivity index (χ2v) is 8.72. The Morgan fingerprint density at radius 2 is 1.88 bits per heavy atom. The molecular weight excluding hydrogens is 426 g/mol. The van der Waals surface area contributed by atoms with E-state index in [4.69, 9.17) is 16.3 Å². The number of alkyl carbamates (subject to hydrolysis) is 1. The topological polar surface area (TPSA) is 91.9 Å². The summed E-state index contributed by atoms with van der Waals surface area (Å²) in [5.74, 6) is 0.439. The molecule has 164 valence electrons. The fraction of sp³-hybridized carbons (Fsp3) is 0.208. The summed E-state index contributed by atoms with van der Waals surface area (Å²) in [6.07, 6.45) is 3.04. The predicted molar refractivity (Wildman–Crippen MR) is 127 cm³/mol. The van der Waals surface area contributed by atoms with Gasteiger partial charge in [0.25, 0.3) is 0 Å². The number of nitrogens with zero attached hydrogens (tertiary/aromatic N) is 2. The first-order valence-corrected chi connectivity index (χ1v) is 10.6. The van der Waals surface area contributed by atoms with Crippen molar-refractivity contribution in [2.45, 2.75) is 32.9 Å². The number of amides is 1. The number of carbonyl (C=O) groups is 1. The second kappa shape index (κ2) is 8.88. The quantitative estimate of drug-likeness (QED) is 0.345. The van der Waals surface area contributed by atoms with Crippen molar-refractivity contribution >= 4 is 40.2 Å². The molecule has 4 rings (SSSR count). The number of hydrogen-bond donors (Lipinski definition) is 3. The molecule has 2 aromatic heterocycles. The molecular formula is C24H24ClN5O2. The molecule has 2 aromatic carbocycles. The third kappa shape index (κ3) is 5.18. The minimum Gasteiger partial charge on any atom is -0.444 e. The van der Waals surface area contributed by atoms with Gasteiger partial charge in [-0.05, 0) is 44.5 Å². The van der Waals surface area contributed by atoms with Gasteiger partial charge in [-0.15, -0.1) is 0 Å². The van der Waals surface area contributed by atoms with Crippen LogP contribution in [0.25, 0.3) is 22.2 Å². The smallest absolute Gasteiger partial charge is 0.407 e. The number of aromatic amines is 1. The Labute approximate surface area is 191 Å². The van der Waals surface area contributed by atoms with Crippen LogP contribution < -0.4 is 10.6 Å². The molecule has 7 nitrogen and oxygen atoms in total. The predicted octanol–water partition coefficient (Wildman–Crippen LogP) is 6.05. The molecule has 2 heterocycles. The Bertz CT molecular complexity index is 1250. The first kappa shape index (κ1) is 21.6. The lowest BCUT2D eigenvalue weighted by atomic mass is 10.1. The van der Waals surface area contributed by atoms with Gasteiger partial charge in [-0.25, -0.2) is 14.8 Å². The number of anilines is 2. The summed E-state index contributed by atoms with van der Waals surface area (Å²) in [5, 5.41) is 7.46. The van der Waals surface area contributed by atoms with Gasteiger partial charge in [0.05, 0.1) is 16.9 Å². The Hall–Kier alpha value is -3.58. The average molecular weight is 450 g/mol. The van der Waals surface area contributed by atoms with Crippen LogP contribution in [0.3, 0.4) is 0 Å². The summed E-state index contributed by atoms with van der Waals surface area (Å²) in [6.45, 7) is 5.86. The van der Waals surface area contributed by atoms with Gasteiger partial charge in [0.2, 0.25) is 5.95 Å². The number of para-hydroxylation sites is 1. The van der Waals surface area contributed by atoms with Crippen molar-refractivity contribution in [2.75, 3.05) is 5.32 Å². The summed E-state index contributed by atoms with van der Waals surface area (Å²) >= 11 is 6.40. The second-order valence-electron chi connectivity index (χ2n) is 8.32. The van der Waals surface area contributed by atoms with E-state index >= 15 is 0 Å². The molecule has 32 heavy (non-hydrogen) atoms. The van der Waals surface area contributed by atoms with Crippen molar-refractivity contribution in [1.29, 1.82) is 0 Å². The number of aromatic nitrogens is 3. The zero-order valence-corrected chi connectivity index (χ0v) is 18.8. The summed E-state index contributed by atoms with van der Waals surface area (Å²) in [4.78, 5) is 24.0. The highest BCUT2D eigenvalue weighted by molar-refractivity contribution is 6.33. The van der Waals surface area contributed by atoms with Gasteiger partial charge in [0.15, 0.2) is 0 Å². The molecule has 0 aliphatic carbocycles. The van der Waals surface area contributed by atoms with Crippen molar-refractivity contribution in [3.8, 4) is 11.3 Å². The number of H-pyrrole nitrogens is 1. The molecule has 8 heteroatoms. The number of benzene rings is 2. The SMILES string of the molecule is CC(C)(C)OC(=O)NCc1ccc(Nc2ncc(Cl)c(-c3c[nH]c4ccccc34)n2)cc1. The lowest BCUT2D eigenvalue weighted by Gasteiger charge is -2.19. The molecule has 3 N–H and O–H groups in total. The Balaban J connectivity index is 1.46. The molecule has 0 radical (unpaired) electrons. The van der Waals surface area contributed by atoms with E-state index in [0.717, 1.165) is 27.7 Å². The zero-order chi connectivity index (χ0) is 22.7. The van der Waals surface area contributed by atoms with E-state index in [1.807, 2.05) is 75.5 Å². The molecule has 0 atom stereocenters. The van der Waals surface area contributed by atoms with E-state index in [1.54, 1.807) is 6.20 Å². The van der Waals surface area contributed by atoms with Crippen LogP contribution in [-0.2, 0) is 11.3 Å². The lowest BCUT2D eigenvalue weighted by molar-refractivity contribution is 0.0523. The van der Waals surface area contributed by atoms with E-state index in [1.165, 1.54) is 0 Å². The fourth-order valence-electron chi connectivity index (χ4n) is 3.21. The van der Waals surface area contributed by atoms with Crippen LogP contribution in [0.15, 0.2) is 60.9 Å². The van der Waals surface area contributed by atoms with Gasteiger partial charge < -0.3 is 20.4 Å². The van der Waals surface area contributed by atoms with Crippen LogP contribution in [-0.4, -0.2) is 26.6 Å². The first-order valence-electron chi connectivity index (χ1n) is 10.2. The minimum atomic E-state index is -0.526. The normalized spacial score (nSPS) is 11.4. The third-order valence-corrected chi connectivity index (χ3v) is 4.91. The van der Waals surface area contributed by atoms with Gasteiger partial charge >= 0.3 is 6.09 Å². The Morgan fingerprint density at radius 1 is 1.12 bits per heavy atom. The van der Waals surface area contributed by atoms with Crippen molar-refractivity contribution in [1.82, 2.24) is 20.3 Å². The summed E-state index contributed by atoms with van der Waals surface area (Å²) in [5.41, 5.74) is 3.82. The van der Waals surface area contributed by atoms with Crippen molar-refractivity contribution < 1.29 is 9.53 Å². The van der Waals surface area contributed by atoms with E-state index in [2.05, 4.69) is 25.6 Å². The van der Waals surface area contributed by atoms with E-state index in [9.17, 15) is 4.79 Å². The van der Waals surface area contributed by atoms with Crippen LogP contribution in [0, 0.1) is 0 Å². The van der Waals surface area contributed by atoms with Gasteiger partial charge in [-0.2, -0.15) is 0 Å². The highest BCUT2D eigenvalue weighted by atomic mass is 35.5. The molecule has 0 fully saturated rings. The monoisotopic (exact) mass is 449 g/mol. The largest absolute Gasteiger partial charge is 0.444 e. The average Bonchev–Trinajstić information content (AvgIpc) is 3.17. The van der Waals surface area contributed by atoms with Gasteiger partial charge in [-0.1, -0.05) is 41.9 Å². The summed E-state index contributed by atoms with van der Waals surface area (Å²) < 4.78 is 5.25. The zero-order valence-electron chi connectivity index (χ0n) is 18.1. The number of carbonyl (C=O) groups excluding carboxylic acids is 1. The first-order chi connectivity index (χ1) is 15.3. The van der Waals surface area contributed by atoms with Crippen molar-refractivity contribution in [3.05, 3.63) is 71.5 Å². The minimum absolute atomic E-state index is 0.372. The maximum absolute atomic E-state index is 11.8. The number of ether oxygens (including phenoxy) is 1. The standard InChI is InChI=1S/C24H24ClN5O2/c1-24(2,3)32-23(31)28-12-15-8-10-16(11-9-15)29-22-27-14-19(25)21(30-22)18-13-26-20-7-5-4-6-17(18)20/h4-11,13-14,26H,12H2,1-3H3,(H,28,31)(H,27,29,30). The van der Waals surface area contributed by atoms with Crippen LogP contribution in [0.2, 0.25) is 5.02 Å². The molecule has 0 saturated carbocycles. The number of halogens is 1. The van der Waals surface area contributed by atoms with Crippen molar-refractivity contribution in [2.24, 2.45) is 0 Å². The third-order valence-electron chi connectivity index (χ3n) is 4.63. The molecule has 0 unspecified atom stereocenters. The molecule has 0 aliphatic heterocycles. The van der Waals surface area contributed by atoms with Gasteiger partial charge in [-0.3, -0.25) is 0 Å². The number of nitrogens with one attached hydrogen (secondary N) is 3. The maximum Gasteiger partial charge on any atom is 0.407 e. The molecule has 1 amide bonds. The van der Waals surface area contributed by atoms with Crippen LogP contribution >= 0.6 is 11.6 Å². The molecule has 0 bridgehead atoms. The van der Waals surface area contributed by atoms with Gasteiger partial charge in [0.1, 0.15) is 5.60 Å². The molecule has 0 saturated heterocycles. The van der Waals surface area contributed by atoms with Crippen LogP contribution in [0.4, 0.5) is 16.4 Å². The molecule has 0 aliphatic rings. The number of rotatable bonds is 5. The highest BCUT2D eigenvalue weighted by Crippen LogP contribution is 2.32. The highest BCUT2D eigenvalue weighted by Gasteiger charge is 2.16.